The van der Waals surface area contributed by atoms with Crippen LogP contribution in [-0.4, -0.2) is 23.3 Å². The molecule has 1 aliphatic rings. The second kappa shape index (κ2) is 4.14. The van der Waals surface area contributed by atoms with E-state index >= 15 is 0 Å². The molecular formula is C14H22N2O2. The smallest absolute Gasteiger partial charge is 0.134 e. The van der Waals surface area contributed by atoms with Gasteiger partial charge < -0.3 is 21.3 Å². The maximum Gasteiger partial charge on any atom is 0.134 e. The Bertz CT molecular complexity index is 499. The monoisotopic (exact) mass is 250 g/mol. The lowest BCUT2D eigenvalue weighted by Crippen LogP contribution is -2.58. The summed E-state index contributed by atoms with van der Waals surface area (Å²) in [5, 5.41) is 10.1. The van der Waals surface area contributed by atoms with Gasteiger partial charge in [0.1, 0.15) is 17.1 Å². The molecule has 4 heteroatoms. The van der Waals surface area contributed by atoms with Gasteiger partial charge in [0.05, 0.1) is 0 Å². The number of benzene rings is 1. The summed E-state index contributed by atoms with van der Waals surface area (Å²) in [7, 11) is 0. The van der Waals surface area contributed by atoms with Gasteiger partial charge >= 0.3 is 0 Å². The molecule has 4 nitrogen and oxygen atoms in total. The molecule has 0 bridgehead atoms. The lowest BCUT2D eigenvalue weighted by Gasteiger charge is -2.41. The molecule has 0 amide bonds. The molecule has 0 aromatic heterocycles. The SMILES string of the molecule is Cc1c(C)c2c(c(C)c1O)CC(N)C(C)(CN)O2. The van der Waals surface area contributed by atoms with E-state index in [0.717, 1.165) is 28.0 Å². The van der Waals surface area contributed by atoms with Crippen molar-refractivity contribution in [2.45, 2.75) is 45.8 Å². The zero-order valence-corrected chi connectivity index (χ0v) is 11.5. The molecule has 0 aliphatic carbocycles. The molecule has 0 radical (unpaired) electrons. The van der Waals surface area contributed by atoms with Crippen LogP contribution < -0.4 is 16.2 Å². The number of nitrogens with two attached hydrogens (primary N) is 2. The molecule has 1 aromatic carbocycles. The predicted octanol–water partition coefficient (Wildman–Crippen LogP) is 1.30. The number of hydrogen-bond acceptors (Lipinski definition) is 4. The molecule has 100 valence electrons. The second-order valence-corrected chi connectivity index (χ2v) is 5.46. The molecule has 0 fully saturated rings. The van der Waals surface area contributed by atoms with Crippen LogP contribution in [0, 0.1) is 20.8 Å². The lowest BCUT2D eigenvalue weighted by atomic mass is 9.84. The minimum absolute atomic E-state index is 0.157. The molecule has 5 N–H and O–H groups in total. The van der Waals surface area contributed by atoms with Crippen LogP contribution in [0.15, 0.2) is 0 Å². The van der Waals surface area contributed by atoms with Crippen molar-refractivity contribution in [3.8, 4) is 11.5 Å². The van der Waals surface area contributed by atoms with Crippen molar-refractivity contribution in [1.82, 2.24) is 0 Å². The zero-order valence-electron chi connectivity index (χ0n) is 11.5. The van der Waals surface area contributed by atoms with E-state index in [2.05, 4.69) is 0 Å². The maximum atomic E-state index is 10.1. The van der Waals surface area contributed by atoms with Gasteiger partial charge in [-0.05, 0) is 50.8 Å². The van der Waals surface area contributed by atoms with Gasteiger partial charge in [-0.15, -0.1) is 0 Å². The van der Waals surface area contributed by atoms with E-state index in [4.69, 9.17) is 16.2 Å². The average Bonchev–Trinajstić information content (AvgIpc) is 2.36. The largest absolute Gasteiger partial charge is 0.507 e. The van der Waals surface area contributed by atoms with Gasteiger partial charge in [0.15, 0.2) is 0 Å². The Hall–Kier alpha value is -1.26. The summed E-state index contributed by atoms with van der Waals surface area (Å²) in [6.07, 6.45) is 0.684. The first-order valence-corrected chi connectivity index (χ1v) is 6.28. The number of aromatic hydroxyl groups is 1. The van der Waals surface area contributed by atoms with Crippen molar-refractivity contribution < 1.29 is 9.84 Å². The number of phenols is 1. The number of hydrogen-bond donors (Lipinski definition) is 3. The van der Waals surface area contributed by atoms with Crippen LogP contribution in [0.3, 0.4) is 0 Å². The van der Waals surface area contributed by atoms with Crippen LogP contribution >= 0.6 is 0 Å². The van der Waals surface area contributed by atoms with E-state index in [9.17, 15) is 5.11 Å². The van der Waals surface area contributed by atoms with E-state index in [-0.39, 0.29) is 6.04 Å². The Morgan fingerprint density at radius 1 is 1.28 bits per heavy atom. The van der Waals surface area contributed by atoms with Crippen LogP contribution in [-0.2, 0) is 6.42 Å². The Morgan fingerprint density at radius 3 is 2.44 bits per heavy atom. The summed E-state index contributed by atoms with van der Waals surface area (Å²) < 4.78 is 6.07. The summed E-state index contributed by atoms with van der Waals surface area (Å²) >= 11 is 0. The van der Waals surface area contributed by atoms with E-state index in [0.29, 0.717) is 18.7 Å². The van der Waals surface area contributed by atoms with Crippen LogP contribution in [0.25, 0.3) is 0 Å². The van der Waals surface area contributed by atoms with Gasteiger partial charge in [-0.2, -0.15) is 0 Å². The maximum absolute atomic E-state index is 10.1. The fourth-order valence-electron chi connectivity index (χ4n) is 2.49. The molecule has 1 aliphatic heterocycles. The number of ether oxygens (including phenoxy) is 1. The third-order valence-corrected chi connectivity index (χ3v) is 4.29. The van der Waals surface area contributed by atoms with Crippen molar-refractivity contribution >= 4 is 0 Å². The van der Waals surface area contributed by atoms with Gasteiger partial charge in [0.2, 0.25) is 0 Å². The van der Waals surface area contributed by atoms with Crippen molar-refractivity contribution in [1.29, 1.82) is 0 Å². The van der Waals surface area contributed by atoms with E-state index in [1.807, 2.05) is 27.7 Å². The second-order valence-electron chi connectivity index (χ2n) is 5.46. The average molecular weight is 250 g/mol. The Morgan fingerprint density at radius 2 is 1.89 bits per heavy atom. The molecule has 1 aromatic rings. The molecule has 2 rings (SSSR count). The van der Waals surface area contributed by atoms with Gasteiger partial charge in [-0.1, -0.05) is 0 Å². The van der Waals surface area contributed by atoms with Crippen LogP contribution in [0.1, 0.15) is 29.2 Å². The first kappa shape index (κ1) is 13.2. The fraction of sp³-hybridized carbons (Fsp3) is 0.571. The van der Waals surface area contributed by atoms with E-state index in [1.165, 1.54) is 0 Å². The zero-order chi connectivity index (χ0) is 13.7. The predicted molar refractivity (Wildman–Crippen MR) is 72.1 cm³/mol. The minimum atomic E-state index is -0.534. The van der Waals surface area contributed by atoms with Crippen LogP contribution in [0.4, 0.5) is 0 Å². The molecule has 1 heterocycles. The standard InChI is InChI=1S/C14H22N2O2/c1-7-8(2)13-10(9(3)12(7)17)5-11(16)14(4,6-15)18-13/h11,17H,5-6,15-16H2,1-4H3. The third kappa shape index (κ3) is 1.68. The quantitative estimate of drug-likeness (QED) is 0.701. The highest BCUT2D eigenvalue weighted by atomic mass is 16.5. The first-order chi connectivity index (χ1) is 8.31. The van der Waals surface area contributed by atoms with Gasteiger partial charge in [0.25, 0.3) is 0 Å². The summed E-state index contributed by atoms with van der Waals surface area (Å²) in [5.74, 6) is 1.19. The Labute approximate surface area is 108 Å². The number of rotatable bonds is 1. The van der Waals surface area contributed by atoms with Gasteiger partial charge in [-0.3, -0.25) is 0 Å². The summed E-state index contributed by atoms with van der Waals surface area (Å²) in [6.45, 7) is 8.09. The molecular weight excluding hydrogens is 228 g/mol. The Balaban J connectivity index is 2.63. The molecule has 18 heavy (non-hydrogen) atoms. The van der Waals surface area contributed by atoms with Crippen molar-refractivity contribution in [2.75, 3.05) is 6.54 Å². The summed E-state index contributed by atoms with van der Waals surface area (Å²) in [6, 6.07) is -0.157. The molecule has 2 unspecified atom stereocenters. The highest BCUT2D eigenvalue weighted by molar-refractivity contribution is 5.58. The van der Waals surface area contributed by atoms with Gasteiger partial charge in [-0.25, -0.2) is 0 Å². The van der Waals surface area contributed by atoms with Crippen molar-refractivity contribution in [2.24, 2.45) is 11.5 Å². The van der Waals surface area contributed by atoms with E-state index in [1.54, 1.807) is 0 Å². The molecule has 0 spiro atoms. The fourth-order valence-corrected chi connectivity index (χ4v) is 2.49. The van der Waals surface area contributed by atoms with Crippen molar-refractivity contribution in [3.63, 3.8) is 0 Å². The third-order valence-electron chi connectivity index (χ3n) is 4.29. The molecule has 0 saturated heterocycles. The number of fused-ring (bicyclic) bond motifs is 1. The molecule has 0 saturated carbocycles. The van der Waals surface area contributed by atoms with E-state index < -0.39 is 5.60 Å². The lowest BCUT2D eigenvalue weighted by molar-refractivity contribution is 0.0525. The van der Waals surface area contributed by atoms with Crippen LogP contribution in [0.5, 0.6) is 11.5 Å². The van der Waals surface area contributed by atoms with Crippen molar-refractivity contribution in [3.05, 3.63) is 22.3 Å². The minimum Gasteiger partial charge on any atom is -0.507 e. The van der Waals surface area contributed by atoms with Gasteiger partial charge in [0, 0.05) is 18.2 Å². The summed E-state index contributed by atoms with van der Waals surface area (Å²) in [4.78, 5) is 0. The van der Waals surface area contributed by atoms with Crippen LogP contribution in [0.2, 0.25) is 0 Å². The number of phenolic OH excluding ortho intramolecular Hbond substituents is 1. The topological polar surface area (TPSA) is 81.5 Å². The highest BCUT2D eigenvalue weighted by Crippen LogP contribution is 2.42. The highest BCUT2D eigenvalue weighted by Gasteiger charge is 2.39. The molecule has 2 atom stereocenters. The normalized spacial score (nSPS) is 26.7. The summed E-state index contributed by atoms with van der Waals surface area (Å²) in [5.41, 5.74) is 15.1. The Kier molecular flexibility index (Phi) is 3.03. The first-order valence-electron chi connectivity index (χ1n) is 6.28.